The average molecular weight is 158 g/mol. The van der Waals surface area contributed by atoms with E-state index in [1.54, 1.807) is 18.4 Å². The van der Waals surface area contributed by atoms with Crippen molar-refractivity contribution in [3.8, 4) is 0 Å². The first-order valence-corrected chi connectivity index (χ1v) is 3.30. The smallest absolute Gasteiger partial charge is 0.115 e. The predicted molar refractivity (Wildman–Crippen MR) is 43.9 cm³/mol. The highest BCUT2D eigenvalue weighted by molar-refractivity contribution is 4.78. The first kappa shape index (κ1) is 10.1. The molecule has 1 atom stereocenters. The first-order valence-electron chi connectivity index (χ1n) is 3.30. The lowest BCUT2D eigenvalue weighted by Crippen LogP contribution is -3.13. The van der Waals surface area contributed by atoms with Crippen LogP contribution in [0.4, 0.5) is 0 Å². The van der Waals surface area contributed by atoms with Crippen molar-refractivity contribution in [3.63, 3.8) is 0 Å². The Balaban J connectivity index is 3.09. The Morgan fingerprint density at radius 1 is 1.64 bits per heavy atom. The Morgan fingerprint density at radius 2 is 2.36 bits per heavy atom. The molecule has 0 saturated carbocycles. The topological polar surface area (TPSA) is 77.6 Å². The van der Waals surface area contributed by atoms with Crippen molar-refractivity contribution in [1.82, 2.24) is 10.9 Å². The van der Waals surface area contributed by atoms with Crippen LogP contribution in [-0.2, 0) is 0 Å². The molecule has 0 rings (SSSR count). The van der Waals surface area contributed by atoms with Gasteiger partial charge in [0.25, 0.3) is 0 Å². The van der Waals surface area contributed by atoms with Gasteiger partial charge in [-0.3, -0.25) is 5.17 Å². The van der Waals surface area contributed by atoms with Gasteiger partial charge in [-0.05, 0) is 6.08 Å². The van der Waals surface area contributed by atoms with E-state index >= 15 is 0 Å². The zero-order chi connectivity index (χ0) is 8.53. The summed E-state index contributed by atoms with van der Waals surface area (Å²) in [7, 11) is 0. The molecule has 0 saturated heterocycles. The van der Waals surface area contributed by atoms with Crippen LogP contribution >= 0.6 is 0 Å². The van der Waals surface area contributed by atoms with Crippen LogP contribution < -0.4 is 21.9 Å². The van der Waals surface area contributed by atoms with Gasteiger partial charge >= 0.3 is 0 Å². The zero-order valence-electron chi connectivity index (χ0n) is 6.34. The fourth-order valence-corrected chi connectivity index (χ4v) is 0.424. The molecule has 0 aromatic heterocycles. The summed E-state index contributed by atoms with van der Waals surface area (Å²) in [5, 5.41) is 9.85. The number of hydroxylamine groups is 1. The molecule has 0 fully saturated rings. The number of hydrogen-bond acceptors (Lipinski definition) is 4. The third kappa shape index (κ3) is 9.12. The minimum absolute atomic E-state index is 0.253. The molecule has 5 nitrogen and oxygen atoms in total. The largest absolute Gasteiger partial charge is 0.613 e. The van der Waals surface area contributed by atoms with Gasteiger partial charge in [-0.25, -0.2) is 5.43 Å². The van der Waals surface area contributed by atoms with E-state index in [1.165, 1.54) is 0 Å². The Morgan fingerprint density at radius 3 is 2.91 bits per heavy atom. The lowest BCUT2D eigenvalue weighted by atomic mass is 10.6. The summed E-state index contributed by atoms with van der Waals surface area (Å²) in [6, 6.07) is 0. The minimum Gasteiger partial charge on any atom is -0.613 e. The zero-order valence-corrected chi connectivity index (χ0v) is 6.34. The minimum atomic E-state index is -0.341. The molecule has 0 spiro atoms. The van der Waals surface area contributed by atoms with E-state index in [4.69, 9.17) is 5.84 Å². The molecular weight excluding hydrogens is 144 g/mol. The van der Waals surface area contributed by atoms with Crippen molar-refractivity contribution in [2.45, 2.75) is 0 Å². The molecule has 0 bridgehead atoms. The van der Waals surface area contributed by atoms with Crippen LogP contribution in [0.15, 0.2) is 24.9 Å². The number of hydrazine groups is 1. The van der Waals surface area contributed by atoms with Gasteiger partial charge < -0.3 is 10.6 Å². The maximum Gasteiger partial charge on any atom is 0.115 e. The second kappa shape index (κ2) is 7.23. The molecule has 0 amide bonds. The van der Waals surface area contributed by atoms with E-state index in [2.05, 4.69) is 17.4 Å². The van der Waals surface area contributed by atoms with Gasteiger partial charge in [-0.1, -0.05) is 6.08 Å². The van der Waals surface area contributed by atoms with Gasteiger partial charge in [0.2, 0.25) is 0 Å². The quantitative estimate of drug-likeness (QED) is 0.157. The fourth-order valence-electron chi connectivity index (χ4n) is 0.424. The van der Waals surface area contributed by atoms with E-state index in [0.717, 1.165) is 0 Å². The summed E-state index contributed by atoms with van der Waals surface area (Å²) in [5.74, 6) is 4.88. The normalized spacial score (nSPS) is 13.3. The summed E-state index contributed by atoms with van der Waals surface area (Å²) < 4.78 is 0. The monoisotopic (exact) mass is 158 g/mol. The van der Waals surface area contributed by atoms with Gasteiger partial charge in [0, 0.05) is 12.7 Å². The maximum absolute atomic E-state index is 10.2. The van der Waals surface area contributed by atoms with E-state index < -0.39 is 0 Å². The van der Waals surface area contributed by atoms with E-state index in [1.807, 2.05) is 0 Å². The van der Waals surface area contributed by atoms with E-state index in [-0.39, 0.29) is 11.7 Å². The summed E-state index contributed by atoms with van der Waals surface area (Å²) in [6.07, 6.45) is 4.97. The summed E-state index contributed by atoms with van der Waals surface area (Å²) in [5.41, 5.74) is 5.53. The highest BCUT2D eigenvalue weighted by Gasteiger charge is 1.79. The van der Waals surface area contributed by atoms with Crippen molar-refractivity contribution in [2.24, 2.45) is 5.84 Å². The van der Waals surface area contributed by atoms with Crippen LogP contribution in [0.1, 0.15) is 0 Å². The van der Waals surface area contributed by atoms with Crippen LogP contribution in [0.25, 0.3) is 0 Å². The molecule has 0 aromatic carbocycles. The Labute approximate surface area is 66.1 Å². The number of nitrogens with one attached hydrogen (secondary N) is 3. The number of quaternary nitrogens is 1. The average Bonchev–Trinajstić information content (AvgIpc) is 1.96. The maximum atomic E-state index is 10.2. The van der Waals surface area contributed by atoms with Crippen molar-refractivity contribution in [2.75, 3.05) is 13.1 Å². The molecule has 64 valence electrons. The predicted octanol–water partition coefficient (Wildman–Crippen LogP) is -1.96. The molecule has 0 heterocycles. The molecular formula is C6H14N4O. The lowest BCUT2D eigenvalue weighted by molar-refractivity contribution is -0.854. The SMILES string of the molecule is C=CCNN/C=C\C[NH+](N)[O-]. The molecule has 0 radical (unpaired) electrons. The molecule has 11 heavy (non-hydrogen) atoms. The van der Waals surface area contributed by atoms with Gasteiger partial charge in [0.1, 0.15) is 6.54 Å². The Kier molecular flexibility index (Phi) is 6.65. The molecule has 1 unspecified atom stereocenters. The number of nitrogens with two attached hydrogens (primary N) is 1. The highest BCUT2D eigenvalue weighted by Crippen LogP contribution is 1.59. The summed E-state index contributed by atoms with van der Waals surface area (Å²) >= 11 is 0. The van der Waals surface area contributed by atoms with Crippen LogP contribution in [0, 0.1) is 5.21 Å². The van der Waals surface area contributed by atoms with Crippen LogP contribution in [0.3, 0.4) is 0 Å². The van der Waals surface area contributed by atoms with Gasteiger partial charge in [0.05, 0.1) is 0 Å². The summed E-state index contributed by atoms with van der Waals surface area (Å²) in [4.78, 5) is 0. The summed E-state index contributed by atoms with van der Waals surface area (Å²) in [6.45, 7) is 4.43. The standard InChI is InChI=1S/C6H14N4O/c1-2-4-8-9-5-3-6-10(7)11/h2-3,5,8-10H,1,4,6-7H2/b5-3-. The van der Waals surface area contributed by atoms with Crippen molar-refractivity contribution >= 4 is 0 Å². The Hall–Kier alpha value is -0.880. The van der Waals surface area contributed by atoms with Gasteiger partial charge in [-0.2, -0.15) is 5.84 Å². The number of hydrogen-bond donors (Lipinski definition) is 4. The first-order chi connectivity index (χ1) is 5.27. The third-order valence-corrected chi connectivity index (χ3v) is 0.869. The van der Waals surface area contributed by atoms with Crippen LogP contribution in [0.2, 0.25) is 0 Å². The number of rotatable bonds is 6. The van der Waals surface area contributed by atoms with Crippen LogP contribution in [-0.4, -0.2) is 13.1 Å². The third-order valence-electron chi connectivity index (χ3n) is 0.869. The molecule has 0 aliphatic carbocycles. The molecule has 0 aromatic rings. The van der Waals surface area contributed by atoms with E-state index in [0.29, 0.717) is 6.54 Å². The molecule has 0 aliphatic heterocycles. The molecule has 5 heteroatoms. The second-order valence-electron chi connectivity index (χ2n) is 1.89. The fraction of sp³-hybridized carbons (Fsp3) is 0.333. The van der Waals surface area contributed by atoms with Gasteiger partial charge in [0.15, 0.2) is 0 Å². The van der Waals surface area contributed by atoms with E-state index in [9.17, 15) is 5.21 Å². The van der Waals surface area contributed by atoms with Gasteiger partial charge in [-0.15, -0.1) is 6.58 Å². The molecule has 5 N–H and O–H groups in total. The van der Waals surface area contributed by atoms with Crippen molar-refractivity contribution in [3.05, 3.63) is 30.1 Å². The Bertz CT molecular complexity index is 124. The highest BCUT2D eigenvalue weighted by atomic mass is 16.5. The molecule has 0 aliphatic rings. The van der Waals surface area contributed by atoms with Crippen LogP contribution in [0.5, 0.6) is 0 Å². The lowest BCUT2D eigenvalue weighted by Gasteiger charge is -2.10. The van der Waals surface area contributed by atoms with Crippen molar-refractivity contribution in [1.29, 1.82) is 0 Å². The van der Waals surface area contributed by atoms with Crippen molar-refractivity contribution < 1.29 is 5.17 Å². The second-order valence-corrected chi connectivity index (χ2v) is 1.89.